The van der Waals surface area contributed by atoms with Crippen LogP contribution in [-0.2, 0) is 4.79 Å². The fourth-order valence-corrected chi connectivity index (χ4v) is 3.30. The van der Waals surface area contributed by atoms with E-state index in [9.17, 15) is 9.59 Å². The molecule has 2 amide bonds. The molecule has 1 atom stereocenters. The third-order valence-electron chi connectivity index (χ3n) is 4.01. The van der Waals surface area contributed by atoms with Gasteiger partial charge in [0.1, 0.15) is 11.0 Å². The van der Waals surface area contributed by atoms with E-state index in [1.165, 1.54) is 11.5 Å². The Morgan fingerprint density at radius 3 is 2.59 bits per heavy atom. The first-order valence-corrected chi connectivity index (χ1v) is 9.12. The number of aryl methyl sites for hydroxylation is 1. The fraction of sp³-hybridized carbons (Fsp3) is 0.222. The Kier molecular flexibility index (Phi) is 5.51. The molecular formula is C18H20N6O2S. The fourth-order valence-electron chi connectivity index (χ4n) is 2.55. The summed E-state index contributed by atoms with van der Waals surface area (Å²) in [6.45, 7) is 3.55. The summed E-state index contributed by atoms with van der Waals surface area (Å²) in [4.78, 5) is 25.0. The Morgan fingerprint density at radius 2 is 1.93 bits per heavy atom. The standard InChI is InChI=1S/C18H20N6O2S/c1-11-15(18(19-3)27-23-11)17(26)22-14-7-4-6-13(10-14)21-16(25)12(2)24-9-5-8-20-24/h4-10,12,19H,1-3H3,(H,21,25)(H,22,26)/t12-/m1/s1. The lowest BCUT2D eigenvalue weighted by Crippen LogP contribution is -2.24. The van der Waals surface area contributed by atoms with E-state index in [1.54, 1.807) is 68.3 Å². The highest BCUT2D eigenvalue weighted by Gasteiger charge is 2.18. The number of aromatic nitrogens is 3. The third kappa shape index (κ3) is 4.14. The van der Waals surface area contributed by atoms with Gasteiger partial charge in [0.05, 0.1) is 11.3 Å². The molecule has 1 aromatic carbocycles. The van der Waals surface area contributed by atoms with E-state index >= 15 is 0 Å². The van der Waals surface area contributed by atoms with Crippen molar-refractivity contribution in [2.24, 2.45) is 0 Å². The Balaban J connectivity index is 1.71. The molecule has 27 heavy (non-hydrogen) atoms. The van der Waals surface area contributed by atoms with Gasteiger partial charge in [0, 0.05) is 30.8 Å². The van der Waals surface area contributed by atoms with Crippen molar-refractivity contribution < 1.29 is 9.59 Å². The summed E-state index contributed by atoms with van der Waals surface area (Å²) in [6.07, 6.45) is 3.36. The molecule has 0 spiro atoms. The zero-order chi connectivity index (χ0) is 19.4. The van der Waals surface area contributed by atoms with Gasteiger partial charge in [-0.15, -0.1) is 0 Å². The zero-order valence-corrected chi connectivity index (χ0v) is 16.0. The van der Waals surface area contributed by atoms with Crippen LogP contribution in [0.3, 0.4) is 0 Å². The number of hydrogen-bond acceptors (Lipinski definition) is 6. The van der Waals surface area contributed by atoms with Gasteiger partial charge in [0.25, 0.3) is 5.91 Å². The van der Waals surface area contributed by atoms with E-state index in [4.69, 9.17) is 0 Å². The zero-order valence-electron chi connectivity index (χ0n) is 15.2. The molecular weight excluding hydrogens is 364 g/mol. The first kappa shape index (κ1) is 18.6. The number of benzene rings is 1. The number of hydrogen-bond donors (Lipinski definition) is 3. The van der Waals surface area contributed by atoms with Crippen LogP contribution in [0.2, 0.25) is 0 Å². The summed E-state index contributed by atoms with van der Waals surface area (Å²) in [6, 6.07) is 8.32. The molecule has 0 unspecified atom stereocenters. The highest BCUT2D eigenvalue weighted by molar-refractivity contribution is 7.10. The van der Waals surface area contributed by atoms with Crippen molar-refractivity contribution >= 4 is 39.7 Å². The molecule has 3 aromatic rings. The van der Waals surface area contributed by atoms with Gasteiger partial charge in [-0.3, -0.25) is 14.3 Å². The predicted molar refractivity (Wildman–Crippen MR) is 106 cm³/mol. The van der Waals surface area contributed by atoms with Crippen molar-refractivity contribution in [3.05, 3.63) is 54.0 Å². The number of nitrogens with one attached hydrogen (secondary N) is 3. The number of carbonyl (C=O) groups excluding carboxylic acids is 2. The van der Waals surface area contributed by atoms with Gasteiger partial charge in [-0.2, -0.15) is 9.47 Å². The average molecular weight is 384 g/mol. The van der Waals surface area contributed by atoms with Gasteiger partial charge in [0.2, 0.25) is 5.91 Å². The highest BCUT2D eigenvalue weighted by Crippen LogP contribution is 2.25. The number of anilines is 3. The molecule has 2 aromatic heterocycles. The van der Waals surface area contributed by atoms with Crippen LogP contribution in [0.4, 0.5) is 16.4 Å². The molecule has 3 N–H and O–H groups in total. The maximum Gasteiger partial charge on any atom is 0.260 e. The second-order valence-electron chi connectivity index (χ2n) is 5.91. The average Bonchev–Trinajstić information content (AvgIpc) is 3.30. The third-order valence-corrected chi connectivity index (χ3v) is 4.96. The SMILES string of the molecule is CNc1snc(C)c1C(=O)Nc1cccc(NC(=O)[C@@H](C)n2cccn2)c1. The molecule has 8 nitrogen and oxygen atoms in total. The molecule has 2 heterocycles. The van der Waals surface area contributed by atoms with Crippen LogP contribution in [0.5, 0.6) is 0 Å². The molecule has 9 heteroatoms. The first-order chi connectivity index (χ1) is 13.0. The molecule has 0 fully saturated rings. The smallest absolute Gasteiger partial charge is 0.260 e. The van der Waals surface area contributed by atoms with Crippen LogP contribution >= 0.6 is 11.5 Å². The molecule has 0 bridgehead atoms. The van der Waals surface area contributed by atoms with Crippen molar-refractivity contribution in [3.63, 3.8) is 0 Å². The number of amides is 2. The summed E-state index contributed by atoms with van der Waals surface area (Å²) in [7, 11) is 1.75. The van der Waals surface area contributed by atoms with E-state index in [0.717, 1.165) is 0 Å². The summed E-state index contributed by atoms with van der Waals surface area (Å²) < 4.78 is 5.78. The van der Waals surface area contributed by atoms with E-state index in [0.29, 0.717) is 27.6 Å². The van der Waals surface area contributed by atoms with Crippen molar-refractivity contribution in [2.45, 2.75) is 19.9 Å². The van der Waals surface area contributed by atoms with Crippen LogP contribution in [0, 0.1) is 6.92 Å². The van der Waals surface area contributed by atoms with Gasteiger partial charge in [0.15, 0.2) is 0 Å². The van der Waals surface area contributed by atoms with Gasteiger partial charge in [-0.1, -0.05) is 6.07 Å². The van der Waals surface area contributed by atoms with E-state index in [2.05, 4.69) is 25.4 Å². The Bertz CT molecular complexity index is 951. The van der Waals surface area contributed by atoms with Crippen LogP contribution < -0.4 is 16.0 Å². The maximum atomic E-state index is 12.6. The predicted octanol–water partition coefficient (Wildman–Crippen LogP) is 3.14. The van der Waals surface area contributed by atoms with Crippen LogP contribution in [0.1, 0.15) is 29.0 Å². The molecule has 0 aliphatic rings. The van der Waals surface area contributed by atoms with E-state index < -0.39 is 6.04 Å². The van der Waals surface area contributed by atoms with Gasteiger partial charge < -0.3 is 16.0 Å². The molecule has 0 aliphatic carbocycles. The minimum absolute atomic E-state index is 0.197. The van der Waals surface area contributed by atoms with Crippen LogP contribution in [0.25, 0.3) is 0 Å². The minimum atomic E-state index is -0.448. The lowest BCUT2D eigenvalue weighted by Gasteiger charge is -2.13. The lowest BCUT2D eigenvalue weighted by molar-refractivity contribution is -0.119. The number of rotatable bonds is 6. The van der Waals surface area contributed by atoms with Crippen molar-refractivity contribution in [3.8, 4) is 0 Å². The van der Waals surface area contributed by atoms with E-state index in [-0.39, 0.29) is 11.8 Å². The summed E-state index contributed by atoms with van der Waals surface area (Å²) in [5.74, 6) is -0.448. The second kappa shape index (κ2) is 8.00. The first-order valence-electron chi connectivity index (χ1n) is 8.35. The van der Waals surface area contributed by atoms with Gasteiger partial charge >= 0.3 is 0 Å². The maximum absolute atomic E-state index is 12.6. The van der Waals surface area contributed by atoms with Gasteiger partial charge in [-0.25, -0.2) is 0 Å². The quantitative estimate of drug-likeness (QED) is 0.606. The summed E-state index contributed by atoms with van der Waals surface area (Å²) in [5.41, 5.74) is 2.35. The Hall–Kier alpha value is -3.20. The summed E-state index contributed by atoms with van der Waals surface area (Å²) in [5, 5.41) is 13.5. The van der Waals surface area contributed by atoms with Gasteiger partial charge in [-0.05, 0) is 49.6 Å². The Morgan fingerprint density at radius 1 is 1.19 bits per heavy atom. The van der Waals surface area contributed by atoms with E-state index in [1.807, 2.05) is 0 Å². The topological polar surface area (TPSA) is 101 Å². The van der Waals surface area contributed by atoms with Crippen molar-refractivity contribution in [1.82, 2.24) is 14.2 Å². The number of carbonyl (C=O) groups is 2. The minimum Gasteiger partial charge on any atom is -0.378 e. The number of nitrogens with zero attached hydrogens (tertiary/aromatic N) is 3. The van der Waals surface area contributed by atoms with Crippen LogP contribution in [0.15, 0.2) is 42.7 Å². The molecule has 0 saturated carbocycles. The molecule has 0 radical (unpaired) electrons. The summed E-state index contributed by atoms with van der Waals surface area (Å²) >= 11 is 1.24. The molecule has 0 saturated heterocycles. The Labute approximate surface area is 160 Å². The van der Waals surface area contributed by atoms with Crippen LogP contribution in [-0.4, -0.2) is 33.0 Å². The molecule has 3 rings (SSSR count). The normalized spacial score (nSPS) is 11.7. The molecule has 140 valence electrons. The lowest BCUT2D eigenvalue weighted by atomic mass is 10.2. The highest BCUT2D eigenvalue weighted by atomic mass is 32.1. The monoisotopic (exact) mass is 384 g/mol. The van der Waals surface area contributed by atoms with Crippen molar-refractivity contribution in [1.29, 1.82) is 0 Å². The van der Waals surface area contributed by atoms with Crippen molar-refractivity contribution in [2.75, 3.05) is 23.0 Å². The largest absolute Gasteiger partial charge is 0.378 e. The second-order valence-corrected chi connectivity index (χ2v) is 6.68. The molecule has 0 aliphatic heterocycles.